The number of anilines is 1. The molecule has 1 heterocycles. The summed E-state index contributed by atoms with van der Waals surface area (Å²) >= 11 is 3.49. The molecule has 0 aliphatic rings. The molecule has 0 aliphatic carbocycles. The lowest BCUT2D eigenvalue weighted by atomic mass is 10.2. The summed E-state index contributed by atoms with van der Waals surface area (Å²) < 4.78 is 6.71. The first-order chi connectivity index (χ1) is 9.29. The van der Waals surface area contributed by atoms with E-state index in [1.807, 2.05) is 30.3 Å². The van der Waals surface area contributed by atoms with Gasteiger partial charge >= 0.3 is 0 Å². The Morgan fingerprint density at radius 1 is 1.26 bits per heavy atom. The van der Waals surface area contributed by atoms with Crippen molar-refractivity contribution in [3.8, 4) is 5.88 Å². The monoisotopic (exact) mass is 321 g/mol. The van der Waals surface area contributed by atoms with E-state index in [0.717, 1.165) is 28.8 Å². The number of hydrogen-bond acceptors (Lipinski definition) is 4. The predicted molar refractivity (Wildman–Crippen MR) is 79.3 cm³/mol. The molecule has 19 heavy (non-hydrogen) atoms. The summed E-state index contributed by atoms with van der Waals surface area (Å²) in [7, 11) is 0. The number of aromatic nitrogens is 2. The van der Waals surface area contributed by atoms with Crippen molar-refractivity contribution in [1.82, 2.24) is 9.97 Å². The minimum Gasteiger partial charge on any atom is -0.473 e. The second-order valence-electron chi connectivity index (χ2n) is 4.05. The number of halogens is 1. The highest BCUT2D eigenvalue weighted by molar-refractivity contribution is 9.10. The van der Waals surface area contributed by atoms with Gasteiger partial charge in [0.1, 0.15) is 18.8 Å². The van der Waals surface area contributed by atoms with Gasteiger partial charge in [-0.25, -0.2) is 9.97 Å². The molecule has 0 radical (unpaired) electrons. The molecule has 5 heteroatoms. The van der Waals surface area contributed by atoms with Crippen molar-refractivity contribution in [3.05, 3.63) is 46.7 Å². The van der Waals surface area contributed by atoms with Crippen molar-refractivity contribution in [2.24, 2.45) is 0 Å². The van der Waals surface area contributed by atoms with Crippen molar-refractivity contribution in [2.75, 3.05) is 11.9 Å². The van der Waals surface area contributed by atoms with Crippen LogP contribution in [0.15, 0.2) is 41.1 Å². The molecule has 4 nitrogen and oxygen atoms in total. The molecule has 1 aromatic heterocycles. The van der Waals surface area contributed by atoms with Crippen LogP contribution in [0.2, 0.25) is 0 Å². The summed E-state index contributed by atoms with van der Waals surface area (Å²) in [5, 5.41) is 3.20. The molecular formula is C14H16BrN3O. The number of hydrogen-bond donors (Lipinski definition) is 1. The number of benzene rings is 1. The van der Waals surface area contributed by atoms with Gasteiger partial charge in [0.15, 0.2) is 0 Å². The summed E-state index contributed by atoms with van der Waals surface area (Å²) in [5.41, 5.74) is 1.09. The molecular weight excluding hydrogens is 306 g/mol. The van der Waals surface area contributed by atoms with Gasteiger partial charge in [0.05, 0.1) is 0 Å². The van der Waals surface area contributed by atoms with Gasteiger partial charge in [0.25, 0.3) is 0 Å². The van der Waals surface area contributed by atoms with E-state index >= 15 is 0 Å². The summed E-state index contributed by atoms with van der Waals surface area (Å²) in [6.07, 6.45) is 2.56. The van der Waals surface area contributed by atoms with E-state index in [1.165, 1.54) is 6.33 Å². The van der Waals surface area contributed by atoms with Gasteiger partial charge in [-0.3, -0.25) is 0 Å². The smallest absolute Gasteiger partial charge is 0.218 e. The molecule has 100 valence electrons. The molecule has 0 aliphatic heterocycles. The fourth-order valence-corrected chi connectivity index (χ4v) is 1.93. The van der Waals surface area contributed by atoms with Gasteiger partial charge in [-0.2, -0.15) is 0 Å². The third kappa shape index (κ3) is 4.21. The molecule has 0 unspecified atom stereocenters. The van der Waals surface area contributed by atoms with E-state index in [4.69, 9.17) is 4.74 Å². The summed E-state index contributed by atoms with van der Waals surface area (Å²) in [6.45, 7) is 3.48. The van der Waals surface area contributed by atoms with E-state index in [9.17, 15) is 0 Å². The van der Waals surface area contributed by atoms with Crippen LogP contribution in [0.5, 0.6) is 5.88 Å². The van der Waals surface area contributed by atoms with Gasteiger partial charge in [-0.15, -0.1) is 0 Å². The van der Waals surface area contributed by atoms with Gasteiger partial charge in [-0.05, 0) is 12.5 Å². The van der Waals surface area contributed by atoms with Crippen LogP contribution in [-0.4, -0.2) is 16.5 Å². The first kappa shape index (κ1) is 13.8. The zero-order chi connectivity index (χ0) is 13.5. The van der Waals surface area contributed by atoms with Crippen LogP contribution < -0.4 is 10.1 Å². The highest BCUT2D eigenvalue weighted by atomic mass is 79.9. The molecule has 0 spiro atoms. The predicted octanol–water partition coefficient (Wildman–Crippen LogP) is 3.64. The highest BCUT2D eigenvalue weighted by Gasteiger charge is 2.02. The van der Waals surface area contributed by atoms with E-state index in [1.54, 1.807) is 0 Å². The molecule has 2 aromatic rings. The van der Waals surface area contributed by atoms with Gasteiger partial charge in [0, 0.05) is 22.6 Å². The topological polar surface area (TPSA) is 47.0 Å². The standard InChI is InChI=1S/C14H16BrN3O/c1-2-7-16-13-8-14(18-10-17-13)19-9-11-5-3-4-6-12(11)15/h3-6,8,10H,2,7,9H2,1H3,(H,16,17,18). The maximum Gasteiger partial charge on any atom is 0.218 e. The van der Waals surface area contributed by atoms with Crippen LogP contribution in [0.4, 0.5) is 5.82 Å². The maximum atomic E-state index is 5.67. The lowest BCUT2D eigenvalue weighted by molar-refractivity contribution is 0.293. The molecule has 1 aromatic carbocycles. The number of ether oxygens (including phenoxy) is 1. The number of rotatable bonds is 6. The average molecular weight is 322 g/mol. The van der Waals surface area contributed by atoms with E-state index in [2.05, 4.69) is 38.1 Å². The van der Waals surface area contributed by atoms with E-state index in [-0.39, 0.29) is 0 Å². The zero-order valence-electron chi connectivity index (χ0n) is 10.8. The largest absolute Gasteiger partial charge is 0.473 e. The average Bonchev–Trinajstić information content (AvgIpc) is 2.45. The molecule has 0 saturated carbocycles. The fraction of sp³-hybridized carbons (Fsp3) is 0.286. The van der Waals surface area contributed by atoms with Crippen LogP contribution in [-0.2, 0) is 6.61 Å². The Morgan fingerprint density at radius 3 is 2.89 bits per heavy atom. The Kier molecular flexibility index (Phi) is 5.15. The third-order valence-corrected chi connectivity index (χ3v) is 3.31. The van der Waals surface area contributed by atoms with Crippen molar-refractivity contribution < 1.29 is 4.74 Å². The normalized spacial score (nSPS) is 10.2. The zero-order valence-corrected chi connectivity index (χ0v) is 12.4. The van der Waals surface area contributed by atoms with Crippen molar-refractivity contribution >= 4 is 21.7 Å². The summed E-state index contributed by atoms with van der Waals surface area (Å²) in [5.74, 6) is 1.36. The van der Waals surface area contributed by atoms with Crippen LogP contribution in [0.1, 0.15) is 18.9 Å². The molecule has 0 bridgehead atoms. The highest BCUT2D eigenvalue weighted by Crippen LogP contribution is 2.18. The van der Waals surface area contributed by atoms with Crippen molar-refractivity contribution in [1.29, 1.82) is 0 Å². The van der Waals surface area contributed by atoms with Gasteiger partial charge in [0.2, 0.25) is 5.88 Å². The number of nitrogens with zero attached hydrogens (tertiary/aromatic N) is 2. The third-order valence-electron chi connectivity index (χ3n) is 2.53. The van der Waals surface area contributed by atoms with E-state index in [0.29, 0.717) is 12.5 Å². The second kappa shape index (κ2) is 7.09. The minimum absolute atomic E-state index is 0.478. The quantitative estimate of drug-likeness (QED) is 0.882. The van der Waals surface area contributed by atoms with Crippen LogP contribution >= 0.6 is 15.9 Å². The summed E-state index contributed by atoms with van der Waals surface area (Å²) in [6, 6.07) is 9.78. The molecule has 2 rings (SSSR count). The molecule has 1 N–H and O–H groups in total. The first-order valence-corrected chi connectivity index (χ1v) is 7.01. The summed E-state index contributed by atoms with van der Waals surface area (Å²) in [4.78, 5) is 8.24. The SMILES string of the molecule is CCCNc1cc(OCc2ccccc2Br)ncn1. The van der Waals surface area contributed by atoms with E-state index < -0.39 is 0 Å². The molecule has 0 saturated heterocycles. The Balaban J connectivity index is 1.98. The lowest BCUT2D eigenvalue weighted by Crippen LogP contribution is -2.04. The fourth-order valence-electron chi connectivity index (χ4n) is 1.54. The molecule has 0 atom stereocenters. The Morgan fingerprint density at radius 2 is 2.11 bits per heavy atom. The van der Waals surface area contributed by atoms with Crippen LogP contribution in [0, 0.1) is 0 Å². The number of nitrogens with one attached hydrogen (secondary N) is 1. The van der Waals surface area contributed by atoms with Crippen LogP contribution in [0.3, 0.4) is 0 Å². The minimum atomic E-state index is 0.478. The Bertz CT molecular complexity index is 534. The van der Waals surface area contributed by atoms with Crippen molar-refractivity contribution in [2.45, 2.75) is 20.0 Å². The van der Waals surface area contributed by atoms with Gasteiger partial charge < -0.3 is 10.1 Å². The molecule has 0 amide bonds. The van der Waals surface area contributed by atoms with Crippen molar-refractivity contribution in [3.63, 3.8) is 0 Å². The second-order valence-corrected chi connectivity index (χ2v) is 4.90. The van der Waals surface area contributed by atoms with Gasteiger partial charge in [-0.1, -0.05) is 41.1 Å². The maximum absolute atomic E-state index is 5.67. The van der Waals surface area contributed by atoms with Crippen LogP contribution in [0.25, 0.3) is 0 Å². The lowest BCUT2D eigenvalue weighted by Gasteiger charge is -2.08. The Hall–Kier alpha value is -1.62. The molecule has 0 fully saturated rings. The Labute approximate surface area is 121 Å². The first-order valence-electron chi connectivity index (χ1n) is 6.21.